The molecule has 0 heterocycles. The first-order valence-corrected chi connectivity index (χ1v) is 6.61. The van der Waals surface area contributed by atoms with Gasteiger partial charge in [-0.25, -0.2) is 8.42 Å². The van der Waals surface area contributed by atoms with Crippen LogP contribution in [0.2, 0.25) is 0 Å². The smallest absolute Gasteiger partial charge is 0.152 e. The van der Waals surface area contributed by atoms with Gasteiger partial charge in [-0.3, -0.25) is 0 Å². The Kier molecular flexibility index (Phi) is 4.92. The molecule has 0 bridgehead atoms. The molecule has 3 unspecified atom stereocenters. The van der Waals surface area contributed by atoms with Gasteiger partial charge in [0.1, 0.15) is 0 Å². The summed E-state index contributed by atoms with van der Waals surface area (Å²) in [6.07, 6.45) is 1.96. The van der Waals surface area contributed by atoms with Crippen molar-refractivity contribution in [3.8, 4) is 0 Å². The molecule has 0 fully saturated rings. The van der Waals surface area contributed by atoms with Crippen LogP contribution in [0.5, 0.6) is 0 Å². The maximum atomic E-state index is 11.1. The SMILES string of the molecule is CCC(C)CC(O)C(C)S(C)(=O)=O. The Labute approximate surface area is 81.1 Å². The van der Waals surface area contributed by atoms with E-state index in [0.29, 0.717) is 12.3 Å². The van der Waals surface area contributed by atoms with Gasteiger partial charge >= 0.3 is 0 Å². The van der Waals surface area contributed by atoms with Crippen LogP contribution in [0.25, 0.3) is 0 Å². The largest absolute Gasteiger partial charge is 0.392 e. The second-order valence-corrected chi connectivity index (χ2v) is 6.25. The van der Waals surface area contributed by atoms with E-state index in [0.717, 1.165) is 12.7 Å². The van der Waals surface area contributed by atoms with Crippen LogP contribution in [0, 0.1) is 5.92 Å². The Bertz CT molecular complexity index is 233. The van der Waals surface area contributed by atoms with Gasteiger partial charge in [-0.2, -0.15) is 0 Å². The van der Waals surface area contributed by atoms with Crippen LogP contribution in [0.3, 0.4) is 0 Å². The highest BCUT2D eigenvalue weighted by Gasteiger charge is 2.24. The van der Waals surface area contributed by atoms with Crippen molar-refractivity contribution in [1.82, 2.24) is 0 Å². The van der Waals surface area contributed by atoms with Crippen LogP contribution in [-0.4, -0.2) is 31.1 Å². The fraction of sp³-hybridized carbons (Fsp3) is 1.00. The normalized spacial score (nSPS) is 19.5. The third-order valence-corrected chi connectivity index (χ3v) is 4.22. The summed E-state index contributed by atoms with van der Waals surface area (Å²) in [5, 5.41) is 8.92. The molecule has 0 aromatic heterocycles. The van der Waals surface area contributed by atoms with Crippen LogP contribution in [-0.2, 0) is 9.84 Å². The van der Waals surface area contributed by atoms with Crippen molar-refractivity contribution in [3.63, 3.8) is 0 Å². The predicted octanol–water partition coefficient (Wildman–Crippen LogP) is 1.22. The molecule has 0 rings (SSSR count). The molecule has 0 aromatic carbocycles. The van der Waals surface area contributed by atoms with Gasteiger partial charge in [-0.15, -0.1) is 0 Å². The van der Waals surface area contributed by atoms with Crippen LogP contribution in [0.15, 0.2) is 0 Å². The highest BCUT2D eigenvalue weighted by molar-refractivity contribution is 7.91. The van der Waals surface area contributed by atoms with Gasteiger partial charge in [0.15, 0.2) is 9.84 Å². The summed E-state index contributed by atoms with van der Waals surface area (Å²) in [5.74, 6) is 0.374. The van der Waals surface area contributed by atoms with Gasteiger partial charge in [0.05, 0.1) is 11.4 Å². The number of sulfone groups is 1. The maximum absolute atomic E-state index is 11.1. The molecule has 0 radical (unpaired) electrons. The lowest BCUT2D eigenvalue weighted by molar-refractivity contribution is 0.143. The average molecular weight is 208 g/mol. The highest BCUT2D eigenvalue weighted by atomic mass is 32.2. The number of hydrogen-bond acceptors (Lipinski definition) is 3. The Morgan fingerprint density at radius 1 is 1.31 bits per heavy atom. The van der Waals surface area contributed by atoms with E-state index in [9.17, 15) is 13.5 Å². The molecule has 0 aliphatic heterocycles. The minimum atomic E-state index is -3.11. The molecule has 4 heteroatoms. The summed E-state index contributed by atoms with van der Waals surface area (Å²) < 4.78 is 22.2. The number of aliphatic hydroxyl groups excluding tert-OH is 1. The molecule has 0 aliphatic rings. The third kappa shape index (κ3) is 4.62. The fourth-order valence-corrected chi connectivity index (χ4v) is 1.74. The van der Waals surface area contributed by atoms with Crippen molar-refractivity contribution < 1.29 is 13.5 Å². The number of aliphatic hydroxyl groups is 1. The molecule has 0 aliphatic carbocycles. The van der Waals surface area contributed by atoms with E-state index in [1.54, 1.807) is 6.92 Å². The fourth-order valence-electron chi connectivity index (χ4n) is 1.06. The summed E-state index contributed by atoms with van der Waals surface area (Å²) in [4.78, 5) is 0. The van der Waals surface area contributed by atoms with Crippen molar-refractivity contribution in [1.29, 1.82) is 0 Å². The topological polar surface area (TPSA) is 54.4 Å². The lowest BCUT2D eigenvalue weighted by Gasteiger charge is -2.19. The van der Waals surface area contributed by atoms with Gasteiger partial charge < -0.3 is 5.11 Å². The second-order valence-electron chi connectivity index (χ2n) is 3.85. The first-order valence-electron chi connectivity index (χ1n) is 4.66. The molecule has 13 heavy (non-hydrogen) atoms. The third-order valence-electron chi connectivity index (χ3n) is 2.56. The summed E-state index contributed by atoms with van der Waals surface area (Å²) in [7, 11) is -3.11. The van der Waals surface area contributed by atoms with Crippen LogP contribution < -0.4 is 0 Å². The van der Waals surface area contributed by atoms with Crippen LogP contribution in [0.4, 0.5) is 0 Å². The van der Waals surface area contributed by atoms with E-state index in [-0.39, 0.29) is 0 Å². The van der Waals surface area contributed by atoms with Crippen molar-refractivity contribution in [3.05, 3.63) is 0 Å². The molecule has 1 N–H and O–H groups in total. The van der Waals surface area contributed by atoms with Crippen molar-refractivity contribution in [2.24, 2.45) is 5.92 Å². The summed E-state index contributed by atoms with van der Waals surface area (Å²) in [6.45, 7) is 5.60. The zero-order chi connectivity index (χ0) is 10.6. The van der Waals surface area contributed by atoms with E-state index in [1.165, 1.54) is 0 Å². The molecule has 3 nitrogen and oxygen atoms in total. The first-order chi connectivity index (χ1) is 5.79. The highest BCUT2D eigenvalue weighted by Crippen LogP contribution is 2.15. The van der Waals surface area contributed by atoms with Crippen molar-refractivity contribution >= 4 is 9.84 Å². The van der Waals surface area contributed by atoms with Crippen LogP contribution in [0.1, 0.15) is 33.6 Å². The summed E-state index contributed by atoms with van der Waals surface area (Å²) >= 11 is 0. The molecular formula is C9H20O3S. The molecule has 0 spiro atoms. The van der Waals surface area contributed by atoms with Gasteiger partial charge in [0.25, 0.3) is 0 Å². The maximum Gasteiger partial charge on any atom is 0.152 e. The van der Waals surface area contributed by atoms with Crippen molar-refractivity contribution in [2.75, 3.05) is 6.26 Å². The molecule has 0 saturated heterocycles. The second kappa shape index (κ2) is 4.96. The molecule has 0 aromatic rings. The zero-order valence-electron chi connectivity index (χ0n) is 8.82. The summed E-state index contributed by atoms with van der Waals surface area (Å²) in [5.41, 5.74) is 0. The molecular weight excluding hydrogens is 188 g/mol. The number of hydrogen-bond donors (Lipinski definition) is 1. The monoisotopic (exact) mass is 208 g/mol. The summed E-state index contributed by atoms with van der Waals surface area (Å²) in [6, 6.07) is 0. The molecule has 3 atom stereocenters. The van der Waals surface area contributed by atoms with E-state index in [2.05, 4.69) is 0 Å². The average Bonchev–Trinajstić information content (AvgIpc) is 2.01. The van der Waals surface area contributed by atoms with E-state index in [4.69, 9.17) is 0 Å². The van der Waals surface area contributed by atoms with E-state index in [1.807, 2.05) is 13.8 Å². The predicted molar refractivity (Wildman–Crippen MR) is 54.4 cm³/mol. The van der Waals surface area contributed by atoms with Crippen molar-refractivity contribution in [2.45, 2.75) is 45.0 Å². The van der Waals surface area contributed by atoms with E-state index >= 15 is 0 Å². The Balaban J connectivity index is 4.20. The first kappa shape index (κ1) is 12.9. The van der Waals surface area contributed by atoms with Gasteiger partial charge in [0, 0.05) is 6.26 Å². The minimum Gasteiger partial charge on any atom is -0.392 e. The molecule has 0 amide bonds. The van der Waals surface area contributed by atoms with Gasteiger partial charge in [-0.1, -0.05) is 20.3 Å². The van der Waals surface area contributed by atoms with Gasteiger partial charge in [-0.05, 0) is 19.3 Å². The zero-order valence-corrected chi connectivity index (χ0v) is 9.63. The molecule has 80 valence electrons. The van der Waals surface area contributed by atoms with Gasteiger partial charge in [0.2, 0.25) is 0 Å². The Morgan fingerprint density at radius 2 is 1.77 bits per heavy atom. The van der Waals surface area contributed by atoms with Crippen LogP contribution >= 0.6 is 0 Å². The number of rotatable bonds is 5. The van der Waals surface area contributed by atoms with E-state index < -0.39 is 21.2 Å². The Hall–Kier alpha value is -0.0900. The lowest BCUT2D eigenvalue weighted by atomic mass is 10.00. The lowest BCUT2D eigenvalue weighted by Crippen LogP contribution is -2.31. The minimum absolute atomic E-state index is 0.374. The molecule has 0 saturated carbocycles. The Morgan fingerprint density at radius 3 is 2.08 bits per heavy atom. The quantitative estimate of drug-likeness (QED) is 0.739. The standard InChI is InChI=1S/C9H20O3S/c1-5-7(2)6-9(10)8(3)13(4,11)12/h7-10H,5-6H2,1-4H3.